The molecule has 1 fully saturated rings. The Morgan fingerprint density at radius 1 is 1.32 bits per heavy atom. The number of piperidine rings is 1. The quantitative estimate of drug-likeness (QED) is 0.896. The lowest BCUT2D eigenvalue weighted by Crippen LogP contribution is -2.30. The van der Waals surface area contributed by atoms with Crippen LogP contribution in [0.1, 0.15) is 19.3 Å². The second-order valence-electron chi connectivity index (χ2n) is 5.09. The molecule has 0 bridgehead atoms. The van der Waals surface area contributed by atoms with Crippen molar-refractivity contribution in [2.45, 2.75) is 24.2 Å². The average molecular weight is 283 g/mol. The van der Waals surface area contributed by atoms with E-state index in [1.807, 2.05) is 0 Å². The van der Waals surface area contributed by atoms with Crippen LogP contribution in [0.4, 0.5) is 0 Å². The fourth-order valence-corrected chi connectivity index (χ4v) is 2.93. The van der Waals surface area contributed by atoms with Crippen LogP contribution in [-0.4, -0.2) is 34.4 Å². The molecule has 1 aromatic carbocycles. The number of hydrogen-bond donors (Lipinski definition) is 1. The van der Waals surface area contributed by atoms with Gasteiger partial charge in [0.15, 0.2) is 9.84 Å². The highest BCUT2D eigenvalue weighted by Crippen LogP contribution is 2.18. The van der Waals surface area contributed by atoms with E-state index in [0.29, 0.717) is 17.4 Å². The third-order valence-electron chi connectivity index (χ3n) is 3.45. The first-order valence-electron chi connectivity index (χ1n) is 6.69. The molecule has 1 N–H and O–H groups in total. The summed E-state index contributed by atoms with van der Waals surface area (Å²) in [6, 6.07) is 6.62. The van der Waals surface area contributed by atoms with E-state index in [-0.39, 0.29) is 0 Å². The van der Waals surface area contributed by atoms with Gasteiger partial charge in [-0.25, -0.2) is 8.42 Å². The first kappa shape index (κ1) is 14.3. The van der Waals surface area contributed by atoms with Crippen molar-refractivity contribution in [1.82, 2.24) is 5.32 Å². The molecule has 0 spiro atoms. The Bertz CT molecular complexity index is 490. The summed E-state index contributed by atoms with van der Waals surface area (Å²) < 4.78 is 28.3. The van der Waals surface area contributed by atoms with Gasteiger partial charge in [-0.3, -0.25) is 0 Å². The lowest BCUT2D eigenvalue weighted by atomic mass is 9.97. The molecule has 0 aromatic heterocycles. The lowest BCUT2D eigenvalue weighted by Gasteiger charge is -2.22. The van der Waals surface area contributed by atoms with Crippen LogP contribution >= 0.6 is 0 Å². The fraction of sp³-hybridized carbons (Fsp3) is 0.571. The molecule has 1 saturated heterocycles. The Kier molecular flexibility index (Phi) is 4.82. The number of rotatable bonds is 5. The molecule has 1 unspecified atom stereocenters. The Balaban J connectivity index is 1.80. The molecule has 1 atom stereocenters. The Morgan fingerprint density at radius 2 is 2.05 bits per heavy atom. The van der Waals surface area contributed by atoms with E-state index in [1.165, 1.54) is 19.1 Å². The highest BCUT2D eigenvalue weighted by atomic mass is 32.2. The maximum absolute atomic E-state index is 11.3. The molecule has 0 saturated carbocycles. The van der Waals surface area contributed by atoms with Crippen LogP contribution < -0.4 is 10.1 Å². The summed E-state index contributed by atoms with van der Waals surface area (Å²) in [5.74, 6) is 1.43. The molecule has 19 heavy (non-hydrogen) atoms. The van der Waals surface area contributed by atoms with Crippen molar-refractivity contribution >= 4 is 9.84 Å². The van der Waals surface area contributed by atoms with Crippen LogP contribution in [-0.2, 0) is 9.84 Å². The van der Waals surface area contributed by atoms with E-state index >= 15 is 0 Å². The number of ether oxygens (including phenoxy) is 1. The third kappa shape index (κ3) is 4.51. The SMILES string of the molecule is CS(=O)(=O)c1ccc(OCCC2CCCNC2)cc1. The lowest BCUT2D eigenvalue weighted by molar-refractivity contribution is 0.254. The monoisotopic (exact) mass is 283 g/mol. The van der Waals surface area contributed by atoms with Gasteiger partial charge in [-0.05, 0) is 62.5 Å². The molecule has 1 aromatic rings. The normalized spacial score (nSPS) is 20.2. The summed E-state index contributed by atoms with van der Waals surface area (Å²) in [4.78, 5) is 0.330. The minimum Gasteiger partial charge on any atom is -0.494 e. The van der Waals surface area contributed by atoms with Gasteiger partial charge in [0, 0.05) is 6.26 Å². The van der Waals surface area contributed by atoms with E-state index in [2.05, 4.69) is 5.32 Å². The predicted octanol–water partition coefficient (Wildman–Crippen LogP) is 1.86. The molecule has 0 aliphatic carbocycles. The molecule has 0 amide bonds. The molecule has 106 valence electrons. The molecule has 1 aliphatic rings. The number of benzene rings is 1. The molecule has 2 rings (SSSR count). The van der Waals surface area contributed by atoms with Crippen molar-refractivity contribution < 1.29 is 13.2 Å². The summed E-state index contributed by atoms with van der Waals surface area (Å²) in [5, 5.41) is 3.39. The number of nitrogens with one attached hydrogen (secondary N) is 1. The molecular weight excluding hydrogens is 262 g/mol. The molecular formula is C14H21NO3S. The van der Waals surface area contributed by atoms with Crippen LogP contribution in [0.15, 0.2) is 29.2 Å². The standard InChI is InChI=1S/C14H21NO3S/c1-19(16,17)14-6-4-13(5-7-14)18-10-8-12-3-2-9-15-11-12/h4-7,12,15H,2-3,8-11H2,1H3. The zero-order valence-electron chi connectivity index (χ0n) is 11.3. The smallest absolute Gasteiger partial charge is 0.175 e. The Labute approximate surface area is 115 Å². The topological polar surface area (TPSA) is 55.4 Å². The first-order valence-corrected chi connectivity index (χ1v) is 8.58. The number of sulfone groups is 1. The van der Waals surface area contributed by atoms with Gasteiger partial charge in [-0.1, -0.05) is 0 Å². The zero-order valence-corrected chi connectivity index (χ0v) is 12.1. The Hall–Kier alpha value is -1.07. The minimum atomic E-state index is -3.12. The van der Waals surface area contributed by atoms with E-state index in [9.17, 15) is 8.42 Å². The molecule has 4 nitrogen and oxygen atoms in total. The van der Waals surface area contributed by atoms with Crippen molar-refractivity contribution in [3.8, 4) is 5.75 Å². The maximum atomic E-state index is 11.3. The minimum absolute atomic E-state index is 0.330. The van der Waals surface area contributed by atoms with Gasteiger partial charge in [0.1, 0.15) is 5.75 Å². The van der Waals surface area contributed by atoms with Gasteiger partial charge in [-0.15, -0.1) is 0 Å². The molecule has 1 heterocycles. The van der Waals surface area contributed by atoms with Crippen LogP contribution in [0, 0.1) is 5.92 Å². The van der Waals surface area contributed by atoms with E-state index < -0.39 is 9.84 Å². The highest BCUT2D eigenvalue weighted by molar-refractivity contribution is 7.90. The van der Waals surface area contributed by atoms with Gasteiger partial charge in [0.25, 0.3) is 0 Å². The fourth-order valence-electron chi connectivity index (χ4n) is 2.30. The van der Waals surface area contributed by atoms with Crippen molar-refractivity contribution in [1.29, 1.82) is 0 Å². The molecule has 0 radical (unpaired) electrons. The van der Waals surface area contributed by atoms with Crippen LogP contribution in [0.5, 0.6) is 5.75 Å². The predicted molar refractivity (Wildman–Crippen MR) is 75.3 cm³/mol. The van der Waals surface area contributed by atoms with E-state index in [0.717, 1.165) is 25.3 Å². The van der Waals surface area contributed by atoms with Gasteiger partial charge >= 0.3 is 0 Å². The largest absolute Gasteiger partial charge is 0.494 e. The average Bonchev–Trinajstić information content (AvgIpc) is 2.39. The first-order chi connectivity index (χ1) is 9.05. The van der Waals surface area contributed by atoms with E-state index in [4.69, 9.17) is 4.74 Å². The molecule has 5 heteroatoms. The number of hydrogen-bond acceptors (Lipinski definition) is 4. The summed E-state index contributed by atoms with van der Waals surface area (Å²) in [5.41, 5.74) is 0. The van der Waals surface area contributed by atoms with Gasteiger partial charge in [-0.2, -0.15) is 0 Å². The summed E-state index contributed by atoms with van der Waals surface area (Å²) in [7, 11) is -3.12. The summed E-state index contributed by atoms with van der Waals surface area (Å²) >= 11 is 0. The second kappa shape index (κ2) is 6.39. The second-order valence-corrected chi connectivity index (χ2v) is 7.11. The Morgan fingerprint density at radius 3 is 2.63 bits per heavy atom. The van der Waals surface area contributed by atoms with Crippen molar-refractivity contribution in [2.75, 3.05) is 26.0 Å². The van der Waals surface area contributed by atoms with E-state index in [1.54, 1.807) is 24.3 Å². The summed E-state index contributed by atoms with van der Waals surface area (Å²) in [6.45, 7) is 2.89. The van der Waals surface area contributed by atoms with Crippen LogP contribution in [0.3, 0.4) is 0 Å². The maximum Gasteiger partial charge on any atom is 0.175 e. The highest BCUT2D eigenvalue weighted by Gasteiger charge is 2.12. The zero-order chi connectivity index (χ0) is 13.7. The van der Waals surface area contributed by atoms with Crippen molar-refractivity contribution in [2.24, 2.45) is 5.92 Å². The van der Waals surface area contributed by atoms with Gasteiger partial charge < -0.3 is 10.1 Å². The van der Waals surface area contributed by atoms with Crippen molar-refractivity contribution in [3.05, 3.63) is 24.3 Å². The van der Waals surface area contributed by atoms with Gasteiger partial charge in [0.05, 0.1) is 11.5 Å². The summed E-state index contributed by atoms with van der Waals surface area (Å²) in [6.07, 6.45) is 4.76. The molecule has 1 aliphatic heterocycles. The van der Waals surface area contributed by atoms with Crippen LogP contribution in [0.2, 0.25) is 0 Å². The van der Waals surface area contributed by atoms with Gasteiger partial charge in [0.2, 0.25) is 0 Å². The van der Waals surface area contributed by atoms with Crippen LogP contribution in [0.25, 0.3) is 0 Å². The third-order valence-corrected chi connectivity index (χ3v) is 4.57. The van der Waals surface area contributed by atoms with Crippen molar-refractivity contribution in [3.63, 3.8) is 0 Å².